The Balaban J connectivity index is 2.47. The molecule has 1 aromatic heterocycles. The Morgan fingerprint density at radius 3 is 2.59 bits per heavy atom. The van der Waals surface area contributed by atoms with Crippen molar-refractivity contribution in [3.63, 3.8) is 0 Å². The van der Waals surface area contributed by atoms with E-state index >= 15 is 0 Å². The van der Waals surface area contributed by atoms with E-state index in [2.05, 4.69) is 46.8 Å². The molecule has 0 saturated heterocycles. The lowest BCUT2D eigenvalue weighted by Gasteiger charge is -2.18. The van der Waals surface area contributed by atoms with Crippen LogP contribution >= 0.6 is 15.9 Å². The molecule has 0 atom stereocenters. The molecule has 98 valence electrons. The number of aryl methyl sites for hydroxylation is 2. The summed E-state index contributed by atoms with van der Waals surface area (Å²) in [7, 11) is 4.07. The molecule has 17 heavy (non-hydrogen) atoms. The third-order valence-electron chi connectivity index (χ3n) is 2.61. The van der Waals surface area contributed by atoms with Crippen LogP contribution in [-0.2, 0) is 18.3 Å². The zero-order valence-corrected chi connectivity index (χ0v) is 12.9. The van der Waals surface area contributed by atoms with Gasteiger partial charge in [-0.3, -0.25) is 9.58 Å². The first-order valence-electron chi connectivity index (χ1n) is 5.90. The van der Waals surface area contributed by atoms with Crippen molar-refractivity contribution in [3.05, 3.63) is 15.9 Å². The average Bonchev–Trinajstić information content (AvgIpc) is 2.44. The Morgan fingerprint density at radius 1 is 1.47 bits per heavy atom. The molecule has 0 unspecified atom stereocenters. The van der Waals surface area contributed by atoms with Gasteiger partial charge in [-0.15, -0.1) is 0 Å². The van der Waals surface area contributed by atoms with Gasteiger partial charge in [0.15, 0.2) is 0 Å². The summed E-state index contributed by atoms with van der Waals surface area (Å²) in [6.45, 7) is 8.69. The summed E-state index contributed by atoms with van der Waals surface area (Å²) in [5.74, 6) is 0. The SMILES string of the molecule is Cc1nn(C)c(CN(C)CCOC(C)C)c1Br. The topological polar surface area (TPSA) is 30.3 Å². The van der Waals surface area contributed by atoms with Crippen LogP contribution in [0.25, 0.3) is 0 Å². The molecule has 0 aliphatic heterocycles. The van der Waals surface area contributed by atoms with Crippen molar-refractivity contribution >= 4 is 15.9 Å². The quantitative estimate of drug-likeness (QED) is 0.808. The van der Waals surface area contributed by atoms with Gasteiger partial charge in [0.2, 0.25) is 0 Å². The first-order chi connectivity index (χ1) is 7.91. The number of hydrogen-bond donors (Lipinski definition) is 0. The summed E-state index contributed by atoms with van der Waals surface area (Å²) in [5, 5.41) is 4.38. The second-order valence-corrected chi connectivity index (χ2v) is 5.42. The highest BCUT2D eigenvalue weighted by molar-refractivity contribution is 9.10. The molecule has 0 bridgehead atoms. The molecule has 0 fully saturated rings. The molecule has 0 aliphatic carbocycles. The number of nitrogens with zero attached hydrogens (tertiary/aromatic N) is 3. The van der Waals surface area contributed by atoms with Gasteiger partial charge < -0.3 is 4.74 Å². The fraction of sp³-hybridized carbons (Fsp3) is 0.750. The Hall–Kier alpha value is -0.390. The van der Waals surface area contributed by atoms with Crippen LogP contribution in [0.5, 0.6) is 0 Å². The smallest absolute Gasteiger partial charge is 0.0739 e. The van der Waals surface area contributed by atoms with Crippen LogP contribution < -0.4 is 0 Å². The number of rotatable bonds is 6. The van der Waals surface area contributed by atoms with Crippen molar-refractivity contribution in [3.8, 4) is 0 Å². The van der Waals surface area contributed by atoms with Crippen LogP contribution in [-0.4, -0.2) is 41.0 Å². The molecule has 1 heterocycles. The Bertz CT molecular complexity index is 363. The second kappa shape index (κ2) is 6.52. The molecule has 5 heteroatoms. The van der Waals surface area contributed by atoms with Gasteiger partial charge >= 0.3 is 0 Å². The lowest BCUT2D eigenvalue weighted by Crippen LogP contribution is -2.25. The van der Waals surface area contributed by atoms with Crippen molar-refractivity contribution < 1.29 is 4.74 Å². The molecule has 1 aromatic rings. The average molecular weight is 304 g/mol. The lowest BCUT2D eigenvalue weighted by molar-refractivity contribution is 0.0623. The maximum absolute atomic E-state index is 5.54. The monoisotopic (exact) mass is 303 g/mol. The highest BCUT2D eigenvalue weighted by Gasteiger charge is 2.12. The molecular formula is C12H22BrN3O. The van der Waals surface area contributed by atoms with Gasteiger partial charge in [-0.2, -0.15) is 5.10 Å². The van der Waals surface area contributed by atoms with Gasteiger partial charge in [-0.1, -0.05) is 0 Å². The van der Waals surface area contributed by atoms with Crippen molar-refractivity contribution in [1.29, 1.82) is 0 Å². The van der Waals surface area contributed by atoms with E-state index in [0.29, 0.717) is 6.10 Å². The van der Waals surface area contributed by atoms with Crippen molar-refractivity contribution in [2.75, 3.05) is 20.2 Å². The minimum Gasteiger partial charge on any atom is -0.377 e. The molecule has 1 rings (SSSR count). The number of ether oxygens (including phenoxy) is 1. The third-order valence-corrected chi connectivity index (χ3v) is 3.64. The summed E-state index contributed by atoms with van der Waals surface area (Å²) in [6, 6.07) is 0. The molecular weight excluding hydrogens is 282 g/mol. The first-order valence-corrected chi connectivity index (χ1v) is 6.69. The summed E-state index contributed by atoms with van der Waals surface area (Å²) in [6.07, 6.45) is 0.300. The number of hydrogen-bond acceptors (Lipinski definition) is 3. The Labute approximate surface area is 112 Å². The largest absolute Gasteiger partial charge is 0.377 e. The fourth-order valence-electron chi connectivity index (χ4n) is 1.63. The van der Waals surface area contributed by atoms with Gasteiger partial charge in [0, 0.05) is 20.1 Å². The molecule has 0 aliphatic rings. The highest BCUT2D eigenvalue weighted by atomic mass is 79.9. The molecule has 0 radical (unpaired) electrons. The van der Waals surface area contributed by atoms with Crippen molar-refractivity contribution in [1.82, 2.24) is 14.7 Å². The summed E-state index contributed by atoms with van der Waals surface area (Å²) >= 11 is 3.58. The van der Waals surface area contributed by atoms with Crippen LogP contribution in [0.15, 0.2) is 4.47 Å². The van der Waals surface area contributed by atoms with Gasteiger partial charge in [0.25, 0.3) is 0 Å². The maximum Gasteiger partial charge on any atom is 0.0739 e. The van der Waals surface area contributed by atoms with Gasteiger partial charge in [-0.05, 0) is 43.7 Å². The van der Waals surface area contributed by atoms with E-state index in [-0.39, 0.29) is 0 Å². The molecule has 0 spiro atoms. The van der Waals surface area contributed by atoms with E-state index in [1.807, 2.05) is 18.7 Å². The van der Waals surface area contributed by atoms with Gasteiger partial charge in [0.1, 0.15) is 0 Å². The second-order valence-electron chi connectivity index (χ2n) is 4.63. The van der Waals surface area contributed by atoms with E-state index in [4.69, 9.17) is 4.74 Å². The molecule has 4 nitrogen and oxygen atoms in total. The minimum atomic E-state index is 0.300. The van der Waals surface area contributed by atoms with Gasteiger partial charge in [-0.25, -0.2) is 0 Å². The zero-order chi connectivity index (χ0) is 13.0. The fourth-order valence-corrected chi connectivity index (χ4v) is 2.09. The molecule has 0 saturated carbocycles. The van der Waals surface area contributed by atoms with E-state index in [9.17, 15) is 0 Å². The van der Waals surface area contributed by atoms with E-state index in [1.54, 1.807) is 0 Å². The van der Waals surface area contributed by atoms with Crippen LogP contribution in [0.3, 0.4) is 0 Å². The van der Waals surface area contributed by atoms with E-state index < -0.39 is 0 Å². The normalized spacial score (nSPS) is 11.8. The minimum absolute atomic E-state index is 0.300. The van der Waals surface area contributed by atoms with Crippen LogP contribution in [0.4, 0.5) is 0 Å². The lowest BCUT2D eigenvalue weighted by atomic mass is 10.3. The number of likely N-dealkylation sites (N-methyl/N-ethyl adjacent to an activating group) is 1. The number of halogens is 1. The Morgan fingerprint density at radius 2 is 2.12 bits per heavy atom. The molecule has 0 N–H and O–H groups in total. The Kier molecular flexibility index (Phi) is 5.62. The van der Waals surface area contributed by atoms with E-state index in [0.717, 1.165) is 29.9 Å². The summed E-state index contributed by atoms with van der Waals surface area (Å²) in [5.41, 5.74) is 2.24. The summed E-state index contributed by atoms with van der Waals surface area (Å²) < 4.78 is 8.58. The summed E-state index contributed by atoms with van der Waals surface area (Å²) in [4.78, 5) is 2.24. The van der Waals surface area contributed by atoms with Crippen LogP contribution in [0.1, 0.15) is 25.2 Å². The molecule has 0 amide bonds. The predicted molar refractivity (Wildman–Crippen MR) is 73.1 cm³/mol. The molecule has 0 aromatic carbocycles. The van der Waals surface area contributed by atoms with Gasteiger partial charge in [0.05, 0.1) is 28.6 Å². The zero-order valence-electron chi connectivity index (χ0n) is 11.3. The first kappa shape index (κ1) is 14.7. The van der Waals surface area contributed by atoms with Crippen molar-refractivity contribution in [2.45, 2.75) is 33.4 Å². The third kappa shape index (κ3) is 4.41. The van der Waals surface area contributed by atoms with E-state index in [1.165, 1.54) is 5.69 Å². The highest BCUT2D eigenvalue weighted by Crippen LogP contribution is 2.21. The standard InChI is InChI=1S/C12H22BrN3O/c1-9(2)17-7-6-15(4)8-11-12(13)10(3)14-16(11)5/h9H,6-8H2,1-5H3. The van der Waals surface area contributed by atoms with Crippen LogP contribution in [0, 0.1) is 6.92 Å². The van der Waals surface area contributed by atoms with Crippen LogP contribution in [0.2, 0.25) is 0 Å². The van der Waals surface area contributed by atoms with Crippen molar-refractivity contribution in [2.24, 2.45) is 7.05 Å². The predicted octanol–water partition coefficient (Wildman–Crippen LogP) is 2.35. The maximum atomic E-state index is 5.54. The number of aromatic nitrogens is 2.